The summed E-state index contributed by atoms with van der Waals surface area (Å²) in [5.41, 5.74) is 2.21. The molecule has 0 aliphatic carbocycles. The smallest absolute Gasteiger partial charge is 0.187 e. The van der Waals surface area contributed by atoms with Gasteiger partial charge in [-0.05, 0) is 37.0 Å². The average molecular weight is 644 g/mol. The van der Waals surface area contributed by atoms with Gasteiger partial charge in [0, 0.05) is 37.1 Å². The zero-order valence-electron chi connectivity index (χ0n) is 23.6. The summed E-state index contributed by atoms with van der Waals surface area (Å²) < 4.78 is 16.8. The number of hydrogen-bond donors (Lipinski definition) is 7. The molecule has 13 nitrogen and oxygen atoms in total. The van der Waals surface area contributed by atoms with Gasteiger partial charge in [0.25, 0.3) is 0 Å². The molecule has 10 atom stereocenters. The maximum absolute atomic E-state index is 10.9. The molecule has 2 aliphatic heterocycles. The molecule has 1 aromatic carbocycles. The Hall–Kier alpha value is -0.880. The lowest BCUT2D eigenvalue weighted by molar-refractivity contribution is -0.367. The fourth-order valence-corrected chi connectivity index (χ4v) is 5.58. The van der Waals surface area contributed by atoms with E-state index in [2.05, 4.69) is 17.0 Å². The second kappa shape index (κ2) is 17.6. The monoisotopic (exact) mass is 642 g/mol. The van der Waals surface area contributed by atoms with Crippen molar-refractivity contribution in [3.63, 3.8) is 0 Å². The van der Waals surface area contributed by atoms with Gasteiger partial charge in [-0.25, -0.2) is 0 Å². The van der Waals surface area contributed by atoms with E-state index < -0.39 is 74.6 Å². The summed E-state index contributed by atoms with van der Waals surface area (Å²) in [5.74, 6) is 1.02. The number of hydroxylamine groups is 2. The summed E-state index contributed by atoms with van der Waals surface area (Å²) in [5, 5.41) is 72.8. The maximum Gasteiger partial charge on any atom is 0.187 e. The molecule has 3 rings (SSSR count). The van der Waals surface area contributed by atoms with Gasteiger partial charge in [0.15, 0.2) is 12.5 Å². The highest BCUT2D eigenvalue weighted by atomic mass is 35.5. The number of hydrogen-bond acceptors (Lipinski definition) is 13. The van der Waals surface area contributed by atoms with Crippen LogP contribution in [0.3, 0.4) is 0 Å². The zero-order valence-corrected chi connectivity index (χ0v) is 25.1. The lowest BCUT2D eigenvalue weighted by Crippen LogP contribution is -2.66. The predicted molar refractivity (Wildman–Crippen MR) is 153 cm³/mol. The molecule has 42 heavy (non-hydrogen) atoms. The summed E-state index contributed by atoms with van der Waals surface area (Å²) in [7, 11) is 1.40. The van der Waals surface area contributed by atoms with Crippen LogP contribution in [0.5, 0.6) is 0 Å². The molecule has 1 aromatic rings. The standard InChI is InChI=1S/C27H44Cl2N2O11/c1-39-31(11-3-2-4-16-5-7-17(8-6-16)30(12-9-28)13-10-29)26-23(37)22(36)25(19(15-33)40-26)42-27-24(38)21(35)20(34)18(14-32)41-27/h5-8,18-27,32-38H,2-4,9-15H2,1H3/t18-,19-,20-,21+,22-,23-,24-,25-,26?,27+/m1/s1. The molecule has 0 bridgehead atoms. The predicted octanol–water partition coefficient (Wildman–Crippen LogP) is -1.22. The van der Waals surface area contributed by atoms with Crippen LogP contribution >= 0.6 is 23.2 Å². The molecule has 0 saturated carbocycles. The molecular weight excluding hydrogens is 599 g/mol. The Labute approximate surface area is 255 Å². The summed E-state index contributed by atoms with van der Waals surface area (Å²) in [6.45, 7) is 0.476. The first-order valence-corrected chi connectivity index (χ1v) is 15.1. The minimum Gasteiger partial charge on any atom is -0.394 e. The second-order valence-corrected chi connectivity index (χ2v) is 11.1. The molecule has 0 spiro atoms. The highest BCUT2D eigenvalue weighted by Crippen LogP contribution is 2.30. The minimum absolute atomic E-state index is 0.346. The molecular formula is C27H44Cl2N2O11. The molecule has 0 amide bonds. The lowest BCUT2D eigenvalue weighted by atomic mass is 9.96. The largest absolute Gasteiger partial charge is 0.394 e. The normalized spacial score (nSPS) is 33.7. The second-order valence-electron chi connectivity index (χ2n) is 10.3. The summed E-state index contributed by atoms with van der Waals surface area (Å²) in [4.78, 5) is 7.56. The van der Waals surface area contributed by atoms with E-state index in [9.17, 15) is 35.7 Å². The van der Waals surface area contributed by atoms with Gasteiger partial charge in [-0.15, -0.1) is 23.2 Å². The number of benzene rings is 1. The number of ether oxygens (including phenoxy) is 3. The quantitative estimate of drug-likeness (QED) is 0.0647. The third kappa shape index (κ3) is 8.86. The maximum atomic E-state index is 10.9. The number of aryl methyl sites for hydroxylation is 1. The number of anilines is 1. The Morgan fingerprint density at radius 2 is 1.40 bits per heavy atom. The fraction of sp³-hybridized carbons (Fsp3) is 0.778. The number of nitrogens with zero attached hydrogens (tertiary/aromatic N) is 2. The van der Waals surface area contributed by atoms with E-state index in [-0.39, 0.29) is 0 Å². The number of halogens is 2. The van der Waals surface area contributed by atoms with Gasteiger partial charge in [0.1, 0.15) is 48.8 Å². The van der Waals surface area contributed by atoms with Crippen LogP contribution in [-0.4, -0.2) is 154 Å². The van der Waals surface area contributed by atoms with Crippen LogP contribution in [0.2, 0.25) is 0 Å². The molecule has 2 heterocycles. The minimum atomic E-state index is -1.73. The Kier molecular flexibility index (Phi) is 14.9. The van der Waals surface area contributed by atoms with Crippen molar-refractivity contribution in [3.8, 4) is 0 Å². The van der Waals surface area contributed by atoms with Crippen LogP contribution in [-0.2, 0) is 25.5 Å². The van der Waals surface area contributed by atoms with E-state index in [0.717, 1.165) is 24.1 Å². The SMILES string of the molecule is CON(CCCCc1ccc(N(CCCl)CCCl)cc1)C1O[C@H](CO)[C@@H](O[C@@H]2O[C@H](CO)[C@@H](O)[C@H](O)[C@H]2O)[C@H](O)[C@H]1O. The van der Waals surface area contributed by atoms with E-state index in [4.69, 9.17) is 42.3 Å². The van der Waals surface area contributed by atoms with Crippen molar-refractivity contribution < 1.29 is 54.8 Å². The molecule has 0 aromatic heterocycles. The Morgan fingerprint density at radius 1 is 0.762 bits per heavy atom. The molecule has 15 heteroatoms. The van der Waals surface area contributed by atoms with Crippen LogP contribution in [0.15, 0.2) is 24.3 Å². The highest BCUT2D eigenvalue weighted by molar-refractivity contribution is 6.18. The van der Waals surface area contributed by atoms with Gasteiger partial charge < -0.3 is 54.9 Å². The highest BCUT2D eigenvalue weighted by Gasteiger charge is 2.51. The van der Waals surface area contributed by atoms with Crippen molar-refractivity contribution in [1.82, 2.24) is 5.06 Å². The van der Waals surface area contributed by atoms with Crippen molar-refractivity contribution in [2.45, 2.75) is 80.6 Å². The number of unbranched alkanes of at least 4 members (excludes halogenated alkanes) is 1. The summed E-state index contributed by atoms with van der Waals surface area (Å²) in [6, 6.07) is 8.21. The third-order valence-electron chi connectivity index (χ3n) is 7.60. The number of aliphatic hydroxyl groups excluding tert-OH is 7. The van der Waals surface area contributed by atoms with E-state index in [1.807, 2.05) is 12.1 Å². The number of aliphatic hydroxyl groups is 7. The Morgan fingerprint density at radius 3 is 1.98 bits per heavy atom. The molecule has 7 N–H and O–H groups in total. The molecule has 2 saturated heterocycles. The average Bonchev–Trinajstić information content (AvgIpc) is 3.00. The lowest BCUT2D eigenvalue weighted by Gasteiger charge is -2.47. The summed E-state index contributed by atoms with van der Waals surface area (Å²) in [6.07, 6.45) is -12.4. The van der Waals surface area contributed by atoms with Crippen molar-refractivity contribution in [2.24, 2.45) is 0 Å². The van der Waals surface area contributed by atoms with Crippen LogP contribution in [0.25, 0.3) is 0 Å². The van der Waals surface area contributed by atoms with Crippen LogP contribution in [0.4, 0.5) is 5.69 Å². The van der Waals surface area contributed by atoms with Gasteiger partial charge in [-0.3, -0.25) is 4.84 Å². The first-order valence-electron chi connectivity index (χ1n) is 14.1. The molecule has 242 valence electrons. The molecule has 2 fully saturated rings. The first-order chi connectivity index (χ1) is 20.2. The number of rotatable bonds is 16. The van der Waals surface area contributed by atoms with Crippen LogP contribution in [0, 0.1) is 0 Å². The third-order valence-corrected chi connectivity index (χ3v) is 7.94. The number of alkyl halides is 2. The van der Waals surface area contributed by atoms with E-state index >= 15 is 0 Å². The van der Waals surface area contributed by atoms with Gasteiger partial charge in [-0.2, -0.15) is 5.06 Å². The van der Waals surface area contributed by atoms with Gasteiger partial charge in [-0.1, -0.05) is 12.1 Å². The topological polar surface area (TPSA) is 185 Å². The van der Waals surface area contributed by atoms with Crippen LogP contribution < -0.4 is 4.90 Å². The zero-order chi connectivity index (χ0) is 30.8. The van der Waals surface area contributed by atoms with Crippen molar-refractivity contribution >= 4 is 28.9 Å². The molecule has 1 unspecified atom stereocenters. The van der Waals surface area contributed by atoms with E-state index in [1.165, 1.54) is 12.2 Å². The van der Waals surface area contributed by atoms with E-state index in [0.29, 0.717) is 37.8 Å². The van der Waals surface area contributed by atoms with Crippen LogP contribution in [0.1, 0.15) is 18.4 Å². The van der Waals surface area contributed by atoms with Gasteiger partial charge >= 0.3 is 0 Å². The van der Waals surface area contributed by atoms with Crippen molar-refractivity contribution in [2.75, 3.05) is 56.6 Å². The Bertz CT molecular complexity index is 897. The van der Waals surface area contributed by atoms with Gasteiger partial charge in [0.2, 0.25) is 0 Å². The Balaban J connectivity index is 1.54. The first kappa shape index (κ1) is 35.6. The van der Waals surface area contributed by atoms with Crippen molar-refractivity contribution in [3.05, 3.63) is 29.8 Å². The van der Waals surface area contributed by atoms with E-state index in [1.54, 1.807) is 0 Å². The molecule has 2 aliphatic rings. The fourth-order valence-electron chi connectivity index (χ4n) is 5.17. The summed E-state index contributed by atoms with van der Waals surface area (Å²) >= 11 is 11.8. The van der Waals surface area contributed by atoms with Gasteiger partial charge in [0.05, 0.1) is 20.3 Å². The van der Waals surface area contributed by atoms with Crippen molar-refractivity contribution in [1.29, 1.82) is 0 Å². The molecule has 0 radical (unpaired) electrons.